The van der Waals surface area contributed by atoms with Crippen molar-refractivity contribution in [3.63, 3.8) is 0 Å². The Bertz CT molecular complexity index is 583. The summed E-state index contributed by atoms with van der Waals surface area (Å²) in [5, 5.41) is 0. The lowest BCUT2D eigenvalue weighted by molar-refractivity contribution is 0.238. The summed E-state index contributed by atoms with van der Waals surface area (Å²) in [6, 6.07) is 5.96. The maximum absolute atomic E-state index is 13.1. The molecule has 0 aliphatic rings. The second-order valence-corrected chi connectivity index (χ2v) is 4.76. The molecular formula is C14H16FNO2. The molecule has 0 saturated carbocycles. The van der Waals surface area contributed by atoms with Crippen LogP contribution in [0.1, 0.15) is 20.3 Å². The molecule has 3 nitrogen and oxygen atoms in total. The molecule has 0 spiro atoms. The van der Waals surface area contributed by atoms with Gasteiger partial charge in [-0.05, 0) is 30.0 Å². The molecule has 96 valence electrons. The van der Waals surface area contributed by atoms with E-state index in [1.165, 1.54) is 16.9 Å². The Kier molecular flexibility index (Phi) is 3.65. The lowest BCUT2D eigenvalue weighted by Gasteiger charge is -2.02. The van der Waals surface area contributed by atoms with Gasteiger partial charge in [-0.15, -0.1) is 0 Å². The molecule has 0 amide bonds. The number of aromatic nitrogens is 1. The highest BCUT2D eigenvalue weighted by molar-refractivity contribution is 5.60. The highest BCUT2D eigenvalue weighted by Crippen LogP contribution is 2.17. The summed E-state index contributed by atoms with van der Waals surface area (Å²) in [6.07, 6.45) is 2.57. The average molecular weight is 249 g/mol. The zero-order valence-corrected chi connectivity index (χ0v) is 10.5. The minimum absolute atomic E-state index is 0.359. The van der Waals surface area contributed by atoms with Gasteiger partial charge in [-0.3, -0.25) is 0 Å². The summed E-state index contributed by atoms with van der Waals surface area (Å²) in [5.41, 5.74) is 0.523. The van der Waals surface area contributed by atoms with Gasteiger partial charge in [0.1, 0.15) is 5.82 Å². The minimum Gasteiger partial charge on any atom is -0.336 e. The lowest BCUT2D eigenvalue weighted by Crippen LogP contribution is -2.00. The predicted octanol–water partition coefficient (Wildman–Crippen LogP) is 3.29. The molecule has 1 aromatic heterocycles. The molecule has 0 aliphatic carbocycles. The van der Waals surface area contributed by atoms with Crippen molar-refractivity contribution in [1.29, 1.82) is 0 Å². The topological polar surface area (TPSA) is 35.1 Å². The van der Waals surface area contributed by atoms with Crippen molar-refractivity contribution in [1.82, 2.24) is 4.74 Å². The van der Waals surface area contributed by atoms with Gasteiger partial charge in [0.2, 0.25) is 0 Å². The van der Waals surface area contributed by atoms with Crippen LogP contribution < -0.4 is 5.63 Å². The first-order valence-corrected chi connectivity index (χ1v) is 6.03. The van der Waals surface area contributed by atoms with Crippen molar-refractivity contribution >= 4 is 0 Å². The Morgan fingerprint density at radius 1 is 1.39 bits per heavy atom. The molecule has 18 heavy (non-hydrogen) atoms. The molecule has 0 fully saturated rings. The number of aryl methyl sites for hydroxylation is 1. The fourth-order valence-electron chi connectivity index (χ4n) is 1.72. The Balaban J connectivity index is 2.27. The number of hydrogen-bond acceptors (Lipinski definition) is 2. The first kappa shape index (κ1) is 12.6. The smallest absolute Gasteiger partial charge is 0.336 e. The van der Waals surface area contributed by atoms with E-state index < -0.39 is 5.63 Å². The van der Waals surface area contributed by atoms with Crippen LogP contribution in [-0.2, 0) is 6.54 Å². The van der Waals surface area contributed by atoms with Crippen LogP contribution >= 0.6 is 0 Å². The Morgan fingerprint density at radius 3 is 2.83 bits per heavy atom. The van der Waals surface area contributed by atoms with E-state index in [1.807, 2.05) is 0 Å². The number of halogens is 1. The summed E-state index contributed by atoms with van der Waals surface area (Å²) in [4.78, 5) is 11.7. The van der Waals surface area contributed by atoms with Crippen LogP contribution in [0.3, 0.4) is 0 Å². The maximum Gasteiger partial charge on any atom is 0.365 e. The standard InChI is InChI=1S/C14H16FNO2/c1-10(2)6-7-16-9-13(14(17)18-16)11-4-3-5-12(15)8-11/h3-5,8-10H,6-7H2,1-2H3. The average Bonchev–Trinajstić information content (AvgIpc) is 2.68. The number of hydrogen-bond donors (Lipinski definition) is 0. The van der Waals surface area contributed by atoms with Crippen molar-refractivity contribution in [3.05, 3.63) is 46.7 Å². The highest BCUT2D eigenvalue weighted by Gasteiger charge is 2.10. The van der Waals surface area contributed by atoms with Gasteiger partial charge in [-0.2, -0.15) is 0 Å². The van der Waals surface area contributed by atoms with E-state index in [9.17, 15) is 9.18 Å². The molecule has 0 bridgehead atoms. The van der Waals surface area contributed by atoms with E-state index in [2.05, 4.69) is 13.8 Å². The van der Waals surface area contributed by atoms with Crippen molar-refractivity contribution in [3.8, 4) is 11.1 Å². The molecule has 4 heteroatoms. The fraction of sp³-hybridized carbons (Fsp3) is 0.357. The maximum atomic E-state index is 13.1. The molecule has 1 heterocycles. The first-order chi connectivity index (χ1) is 8.56. The van der Waals surface area contributed by atoms with Crippen LogP contribution in [0.2, 0.25) is 0 Å². The third-order valence-electron chi connectivity index (χ3n) is 2.76. The van der Waals surface area contributed by atoms with Gasteiger partial charge in [-0.25, -0.2) is 13.9 Å². The Morgan fingerprint density at radius 2 is 2.17 bits per heavy atom. The lowest BCUT2D eigenvalue weighted by atomic mass is 10.1. The number of nitrogens with zero attached hydrogens (tertiary/aromatic N) is 1. The molecule has 0 radical (unpaired) electrons. The summed E-state index contributed by atoms with van der Waals surface area (Å²) in [7, 11) is 0. The molecular weight excluding hydrogens is 233 g/mol. The van der Waals surface area contributed by atoms with Gasteiger partial charge in [-0.1, -0.05) is 26.0 Å². The predicted molar refractivity (Wildman–Crippen MR) is 67.8 cm³/mol. The minimum atomic E-state index is -0.427. The monoisotopic (exact) mass is 249 g/mol. The van der Waals surface area contributed by atoms with Crippen LogP contribution in [0.4, 0.5) is 4.39 Å². The quantitative estimate of drug-likeness (QED) is 0.833. The van der Waals surface area contributed by atoms with E-state index in [0.29, 0.717) is 23.6 Å². The fourth-order valence-corrected chi connectivity index (χ4v) is 1.72. The second-order valence-electron chi connectivity index (χ2n) is 4.76. The molecule has 0 atom stereocenters. The SMILES string of the molecule is CC(C)CCn1cc(-c2cccc(F)c2)c(=O)o1. The molecule has 2 rings (SSSR count). The summed E-state index contributed by atoms with van der Waals surface area (Å²) in [5.74, 6) is 0.178. The van der Waals surface area contributed by atoms with Crippen LogP contribution in [0.5, 0.6) is 0 Å². The van der Waals surface area contributed by atoms with Crippen LogP contribution in [0.25, 0.3) is 11.1 Å². The van der Waals surface area contributed by atoms with Crippen LogP contribution in [-0.4, -0.2) is 4.74 Å². The molecule has 0 aliphatic heterocycles. The van der Waals surface area contributed by atoms with Gasteiger partial charge < -0.3 is 4.52 Å². The van der Waals surface area contributed by atoms with E-state index >= 15 is 0 Å². The Hall–Kier alpha value is -1.84. The van der Waals surface area contributed by atoms with Crippen LogP contribution in [0, 0.1) is 11.7 Å². The first-order valence-electron chi connectivity index (χ1n) is 6.03. The highest BCUT2D eigenvalue weighted by atomic mass is 19.1. The van der Waals surface area contributed by atoms with Crippen LogP contribution in [0.15, 0.2) is 39.8 Å². The summed E-state index contributed by atoms with van der Waals surface area (Å²) in [6.45, 7) is 4.87. The van der Waals surface area contributed by atoms with Crippen molar-refractivity contribution < 1.29 is 8.91 Å². The second kappa shape index (κ2) is 5.21. The van der Waals surface area contributed by atoms with Gasteiger partial charge in [0.05, 0.1) is 18.3 Å². The number of rotatable bonds is 4. The van der Waals surface area contributed by atoms with Crippen molar-refractivity contribution in [2.45, 2.75) is 26.8 Å². The summed E-state index contributed by atoms with van der Waals surface area (Å²) < 4.78 is 19.7. The van der Waals surface area contributed by atoms with E-state index in [1.54, 1.807) is 18.3 Å². The van der Waals surface area contributed by atoms with Crippen molar-refractivity contribution in [2.24, 2.45) is 5.92 Å². The number of benzene rings is 1. The third-order valence-corrected chi connectivity index (χ3v) is 2.76. The van der Waals surface area contributed by atoms with E-state index in [-0.39, 0.29) is 5.82 Å². The molecule has 0 N–H and O–H groups in total. The van der Waals surface area contributed by atoms with E-state index in [0.717, 1.165) is 6.42 Å². The zero-order chi connectivity index (χ0) is 13.1. The van der Waals surface area contributed by atoms with Gasteiger partial charge >= 0.3 is 5.63 Å². The van der Waals surface area contributed by atoms with E-state index in [4.69, 9.17) is 4.52 Å². The zero-order valence-electron chi connectivity index (χ0n) is 10.5. The van der Waals surface area contributed by atoms with Gasteiger partial charge in [0, 0.05) is 0 Å². The molecule has 1 aromatic carbocycles. The van der Waals surface area contributed by atoms with Gasteiger partial charge in [0.15, 0.2) is 0 Å². The normalized spacial score (nSPS) is 11.1. The molecule has 0 unspecified atom stereocenters. The molecule has 2 aromatic rings. The molecule has 0 saturated heterocycles. The third kappa shape index (κ3) is 2.88. The summed E-state index contributed by atoms with van der Waals surface area (Å²) >= 11 is 0. The van der Waals surface area contributed by atoms with Gasteiger partial charge in [0.25, 0.3) is 0 Å². The largest absolute Gasteiger partial charge is 0.365 e. The van der Waals surface area contributed by atoms with Crippen molar-refractivity contribution in [2.75, 3.05) is 0 Å². The Labute approximate surface area is 105 Å².